The van der Waals surface area contributed by atoms with E-state index in [1.54, 1.807) is 11.3 Å². The predicted molar refractivity (Wildman–Crippen MR) is 397 cm³/mol. The highest BCUT2D eigenvalue weighted by Crippen LogP contribution is 2.48. The van der Waals surface area contributed by atoms with Crippen LogP contribution in [0.25, 0.3) is 35.0 Å². The number of nitrogens with zero attached hydrogens (tertiary/aromatic N) is 2. The van der Waals surface area contributed by atoms with Gasteiger partial charge in [0.05, 0.1) is 21.7 Å². The van der Waals surface area contributed by atoms with E-state index in [4.69, 9.17) is 9.47 Å². The second-order valence-corrected chi connectivity index (χ2v) is 31.8. The van der Waals surface area contributed by atoms with Crippen LogP contribution in [0.15, 0.2) is 65.4 Å². The molecule has 2 aliphatic heterocycles. The van der Waals surface area contributed by atoms with E-state index < -0.39 is 0 Å². The van der Waals surface area contributed by atoms with Crippen molar-refractivity contribution in [3.8, 4) is 29.3 Å². The molecule has 0 spiro atoms. The van der Waals surface area contributed by atoms with Crippen LogP contribution in [0.1, 0.15) is 327 Å². The van der Waals surface area contributed by atoms with Gasteiger partial charge in [0.1, 0.15) is 0 Å². The lowest BCUT2D eigenvalue weighted by Crippen LogP contribution is -2.31. The van der Waals surface area contributed by atoms with Gasteiger partial charge >= 0.3 is 0 Å². The SMILES string of the molecule is CCCCCCCCCCCCC(CCCCCCCCCC)COCCCCN1C(=O)C2=C(c3ccc(-c4ccc(-c5ccc(-c6ccc(C)s6)s5)s4)s3)N(CCCCOCC(CCCCCCCCCC)CCCCCCCCCCCC)C(=O)C2=C1C. The zero-order valence-electron chi connectivity index (χ0n) is 58.3. The summed E-state index contributed by atoms with van der Waals surface area (Å²) in [6.45, 7) is 17.7. The molecule has 2 unspecified atom stereocenters. The standard InChI is InChI=1S/C80H128N2O4S4/c1-7-11-15-19-23-27-29-33-37-41-49-67(47-39-35-31-25-21-17-13-9-3)63-85-61-45-43-59-81-66(6)76-77(80(81)84)78(75-58-57-74(90-75)73-56-55-72(89-73)71-54-53-70(88-71)69-52-51-65(5)87-69)82(79(76)83)60-44-46-62-86-64-68(48-40-36-32-26-22-18-14-10-4)50-42-38-34-30-28-24-20-16-12-8-2/h51-58,67-68H,7-50,59-64H2,1-6H3. The Labute approximate surface area is 567 Å². The second-order valence-electron chi connectivity index (χ2n) is 27.3. The van der Waals surface area contributed by atoms with Crippen LogP contribution >= 0.6 is 45.3 Å². The van der Waals surface area contributed by atoms with E-state index in [-0.39, 0.29) is 11.8 Å². The normalized spacial score (nSPS) is 14.2. The molecule has 90 heavy (non-hydrogen) atoms. The summed E-state index contributed by atoms with van der Waals surface area (Å²) in [6, 6.07) is 17.8. The number of amides is 2. The van der Waals surface area contributed by atoms with E-state index in [9.17, 15) is 9.59 Å². The first-order valence-electron chi connectivity index (χ1n) is 37.9. The first kappa shape index (κ1) is 76.2. The van der Waals surface area contributed by atoms with Crippen LogP contribution in [0.2, 0.25) is 0 Å². The third-order valence-electron chi connectivity index (χ3n) is 19.4. The molecule has 6 nitrogen and oxygen atoms in total. The molecule has 2 atom stereocenters. The Morgan fingerprint density at radius 1 is 0.322 bits per heavy atom. The van der Waals surface area contributed by atoms with Crippen molar-refractivity contribution >= 4 is 62.9 Å². The van der Waals surface area contributed by atoms with Crippen molar-refractivity contribution in [2.24, 2.45) is 11.8 Å². The number of hydrogen-bond acceptors (Lipinski definition) is 8. The van der Waals surface area contributed by atoms with Crippen molar-refractivity contribution in [2.75, 3.05) is 39.5 Å². The second kappa shape index (κ2) is 47.1. The quantitative estimate of drug-likeness (QED) is 0.0413. The number of rotatable bonds is 58. The van der Waals surface area contributed by atoms with E-state index in [1.165, 1.54) is 291 Å². The lowest BCUT2D eigenvalue weighted by atomic mass is 9.94. The van der Waals surface area contributed by atoms with E-state index in [2.05, 4.69) is 83.1 Å². The number of fused-ring (bicyclic) bond motifs is 1. The van der Waals surface area contributed by atoms with Crippen molar-refractivity contribution in [3.05, 3.63) is 75.1 Å². The number of hydrogen-bond donors (Lipinski definition) is 0. The Balaban J connectivity index is 1.05. The predicted octanol–water partition coefficient (Wildman–Crippen LogP) is 26.4. The average Bonchev–Trinajstić information content (AvgIpc) is 1.58. The summed E-state index contributed by atoms with van der Waals surface area (Å²) in [4.78, 5) is 43.6. The van der Waals surface area contributed by atoms with Gasteiger partial charge in [-0.2, -0.15) is 0 Å². The fourth-order valence-electron chi connectivity index (χ4n) is 13.7. The van der Waals surface area contributed by atoms with Crippen molar-refractivity contribution in [1.82, 2.24) is 9.80 Å². The third kappa shape index (κ3) is 27.8. The maximum Gasteiger partial charge on any atom is 0.261 e. The van der Waals surface area contributed by atoms with Gasteiger partial charge in [-0.3, -0.25) is 9.59 Å². The Morgan fingerprint density at radius 3 is 0.956 bits per heavy atom. The molecule has 6 rings (SSSR count). The van der Waals surface area contributed by atoms with Crippen molar-refractivity contribution in [3.63, 3.8) is 0 Å². The Bertz CT molecular complexity index is 2580. The van der Waals surface area contributed by atoms with E-state index in [1.807, 2.05) is 50.7 Å². The molecule has 10 heteroatoms. The molecule has 4 aromatic heterocycles. The molecule has 0 aliphatic carbocycles. The lowest BCUT2D eigenvalue weighted by Gasteiger charge is -2.23. The molecule has 0 N–H and O–H groups in total. The fourth-order valence-corrected chi connectivity index (χ4v) is 17.9. The maximum atomic E-state index is 14.9. The molecule has 0 radical (unpaired) electrons. The molecule has 4 aromatic rings. The van der Waals surface area contributed by atoms with Gasteiger partial charge in [0.2, 0.25) is 0 Å². The Hall–Kier alpha value is -2.86. The van der Waals surface area contributed by atoms with Crippen LogP contribution in [-0.4, -0.2) is 61.1 Å². The van der Waals surface area contributed by atoms with Gasteiger partial charge in [0, 0.05) is 79.4 Å². The van der Waals surface area contributed by atoms with Crippen LogP contribution < -0.4 is 0 Å². The van der Waals surface area contributed by atoms with Crippen LogP contribution in [-0.2, 0) is 19.1 Å². The van der Waals surface area contributed by atoms with Crippen molar-refractivity contribution in [1.29, 1.82) is 0 Å². The lowest BCUT2D eigenvalue weighted by molar-refractivity contribution is -0.124. The minimum atomic E-state index is -0.0211. The zero-order chi connectivity index (χ0) is 63.6. The summed E-state index contributed by atoms with van der Waals surface area (Å²) >= 11 is 7.25. The summed E-state index contributed by atoms with van der Waals surface area (Å²) in [5, 5.41) is 0. The maximum absolute atomic E-state index is 14.9. The van der Waals surface area contributed by atoms with Crippen molar-refractivity contribution < 1.29 is 19.1 Å². The number of carbonyl (C=O) groups excluding carboxylic acids is 2. The summed E-state index contributed by atoms with van der Waals surface area (Å²) in [5.41, 5.74) is 2.83. The van der Waals surface area contributed by atoms with Gasteiger partial charge in [-0.1, -0.05) is 259 Å². The molecular weight excluding hydrogens is 1180 g/mol. The van der Waals surface area contributed by atoms with Gasteiger partial charge in [0.25, 0.3) is 11.8 Å². The van der Waals surface area contributed by atoms with Gasteiger partial charge in [-0.25, -0.2) is 0 Å². The average molecular weight is 1310 g/mol. The number of unbranched alkanes of at least 4 members (excludes halogenated alkanes) is 34. The van der Waals surface area contributed by atoms with Gasteiger partial charge in [-0.05, 0) is 126 Å². The highest BCUT2D eigenvalue weighted by molar-refractivity contribution is 7.28. The molecule has 506 valence electrons. The molecule has 0 saturated carbocycles. The minimum absolute atomic E-state index is 0.0211. The first-order valence-corrected chi connectivity index (χ1v) is 41.2. The Kier molecular flexibility index (Phi) is 39.9. The summed E-state index contributed by atoms with van der Waals surface area (Å²) in [5.74, 6) is 1.22. The summed E-state index contributed by atoms with van der Waals surface area (Å²) in [7, 11) is 0. The number of carbonyl (C=O) groups is 2. The number of allylic oxidation sites excluding steroid dienone is 1. The molecule has 0 bridgehead atoms. The van der Waals surface area contributed by atoms with Crippen LogP contribution in [0.5, 0.6) is 0 Å². The zero-order valence-corrected chi connectivity index (χ0v) is 61.6. The molecular formula is C80H128N2O4S4. The first-order chi connectivity index (χ1) is 44.3. The highest BCUT2D eigenvalue weighted by atomic mass is 32.1. The van der Waals surface area contributed by atoms with Gasteiger partial charge < -0.3 is 19.3 Å². The fraction of sp³-hybridized carbons (Fsp3) is 0.725. The smallest absolute Gasteiger partial charge is 0.261 e. The molecule has 0 fully saturated rings. The topological polar surface area (TPSA) is 59.1 Å². The molecule has 0 saturated heterocycles. The molecule has 2 amide bonds. The van der Waals surface area contributed by atoms with E-state index >= 15 is 0 Å². The van der Waals surface area contributed by atoms with E-state index in [0.29, 0.717) is 42.7 Å². The minimum Gasteiger partial charge on any atom is -0.381 e. The summed E-state index contributed by atoms with van der Waals surface area (Å²) < 4.78 is 13.1. The van der Waals surface area contributed by atoms with E-state index in [0.717, 1.165) is 61.8 Å². The highest BCUT2D eigenvalue weighted by Gasteiger charge is 2.47. The summed E-state index contributed by atoms with van der Waals surface area (Å²) in [6.07, 6.45) is 57.9. The van der Waals surface area contributed by atoms with Crippen LogP contribution in [0.4, 0.5) is 0 Å². The largest absolute Gasteiger partial charge is 0.381 e. The Morgan fingerprint density at radius 2 is 0.611 bits per heavy atom. The van der Waals surface area contributed by atoms with Crippen LogP contribution in [0.3, 0.4) is 0 Å². The number of aryl methyl sites for hydroxylation is 1. The van der Waals surface area contributed by atoms with Gasteiger partial charge in [-0.15, -0.1) is 45.3 Å². The third-order valence-corrected chi connectivity index (χ3v) is 24.2. The van der Waals surface area contributed by atoms with Crippen LogP contribution in [0, 0.1) is 18.8 Å². The number of thiophene rings is 4. The molecule has 6 heterocycles. The van der Waals surface area contributed by atoms with Gasteiger partial charge in [0.15, 0.2) is 0 Å². The molecule has 0 aromatic carbocycles. The molecule has 2 aliphatic rings. The number of ether oxygens (including phenoxy) is 2. The van der Waals surface area contributed by atoms with Crippen molar-refractivity contribution in [2.45, 2.75) is 324 Å². The monoisotopic (exact) mass is 1310 g/mol.